The Morgan fingerprint density at radius 1 is 1.44 bits per heavy atom. The average molecular weight is 286 g/mol. The van der Waals surface area contributed by atoms with Crippen LogP contribution in [-0.2, 0) is 0 Å². The summed E-state index contributed by atoms with van der Waals surface area (Å²) in [7, 11) is 0. The molecule has 0 amide bonds. The molecule has 1 saturated carbocycles. The largest absolute Gasteiger partial charge is 0.343 e. The van der Waals surface area contributed by atoms with Gasteiger partial charge in [-0.05, 0) is 42.6 Å². The van der Waals surface area contributed by atoms with Gasteiger partial charge in [0, 0.05) is 19.0 Å². The van der Waals surface area contributed by atoms with Gasteiger partial charge in [0.1, 0.15) is 4.47 Å². The molecule has 1 fully saturated rings. The number of halogens is 1. The Kier molecular flexibility index (Phi) is 3.33. The normalized spacial score (nSPS) is 15.2. The molecule has 1 aliphatic rings. The number of anilines is 1. The maximum atomic E-state index is 11.8. The third kappa shape index (κ3) is 2.14. The highest BCUT2D eigenvalue weighted by Crippen LogP contribution is 2.41. The lowest BCUT2D eigenvalue weighted by Crippen LogP contribution is -2.27. The van der Waals surface area contributed by atoms with E-state index in [-0.39, 0.29) is 5.56 Å². The summed E-state index contributed by atoms with van der Waals surface area (Å²) in [5.74, 6) is 1.17. The van der Waals surface area contributed by atoms with Crippen LogP contribution in [0.2, 0.25) is 0 Å². The highest BCUT2D eigenvalue weighted by atomic mass is 79.9. The number of H-pyrrole nitrogens is 1. The standard InChI is InChI=1S/C11H16BrN3O/c1-3-15(4-2)11-13-9(7-5-6-7)8(12)10(16)14-11/h7H,3-6H2,1-2H3,(H,13,14,16). The monoisotopic (exact) mass is 285 g/mol. The highest BCUT2D eigenvalue weighted by molar-refractivity contribution is 9.10. The van der Waals surface area contributed by atoms with E-state index in [9.17, 15) is 4.79 Å². The quantitative estimate of drug-likeness (QED) is 0.923. The molecule has 0 unspecified atom stereocenters. The van der Waals surface area contributed by atoms with Gasteiger partial charge in [0.05, 0.1) is 5.69 Å². The van der Waals surface area contributed by atoms with Gasteiger partial charge in [-0.3, -0.25) is 9.78 Å². The first-order valence-corrected chi connectivity index (χ1v) is 6.51. The number of rotatable bonds is 4. The van der Waals surface area contributed by atoms with Crippen molar-refractivity contribution < 1.29 is 0 Å². The number of hydrogen-bond donors (Lipinski definition) is 1. The third-order valence-corrected chi connectivity index (χ3v) is 3.67. The van der Waals surface area contributed by atoms with Gasteiger partial charge in [-0.1, -0.05) is 0 Å². The third-order valence-electron chi connectivity index (χ3n) is 2.90. The average Bonchev–Trinajstić information content (AvgIpc) is 3.08. The molecule has 0 saturated heterocycles. The van der Waals surface area contributed by atoms with Crippen molar-refractivity contribution >= 4 is 21.9 Å². The van der Waals surface area contributed by atoms with Gasteiger partial charge in [0.2, 0.25) is 5.95 Å². The summed E-state index contributed by atoms with van der Waals surface area (Å²) in [5, 5.41) is 0. The molecule has 16 heavy (non-hydrogen) atoms. The lowest BCUT2D eigenvalue weighted by atomic mass is 10.3. The summed E-state index contributed by atoms with van der Waals surface area (Å²) < 4.78 is 0.603. The second-order valence-electron chi connectivity index (χ2n) is 4.04. The van der Waals surface area contributed by atoms with E-state index in [0.717, 1.165) is 31.6 Å². The van der Waals surface area contributed by atoms with Crippen LogP contribution in [0, 0.1) is 0 Å². The molecule has 5 heteroatoms. The summed E-state index contributed by atoms with van der Waals surface area (Å²) in [6.45, 7) is 5.82. The summed E-state index contributed by atoms with van der Waals surface area (Å²) >= 11 is 3.32. The molecular formula is C11H16BrN3O. The molecule has 1 aromatic rings. The van der Waals surface area contributed by atoms with Gasteiger partial charge in [0.15, 0.2) is 0 Å². The maximum Gasteiger partial charge on any atom is 0.266 e. The van der Waals surface area contributed by atoms with Gasteiger partial charge < -0.3 is 4.90 Å². The van der Waals surface area contributed by atoms with Crippen molar-refractivity contribution in [3.8, 4) is 0 Å². The van der Waals surface area contributed by atoms with E-state index in [0.29, 0.717) is 16.3 Å². The van der Waals surface area contributed by atoms with E-state index in [1.165, 1.54) is 0 Å². The van der Waals surface area contributed by atoms with E-state index in [1.807, 2.05) is 0 Å². The fourth-order valence-electron chi connectivity index (χ4n) is 1.76. The van der Waals surface area contributed by atoms with Crippen molar-refractivity contribution in [2.24, 2.45) is 0 Å². The van der Waals surface area contributed by atoms with Gasteiger partial charge in [-0.25, -0.2) is 4.98 Å². The Labute approximate surface area is 103 Å². The molecule has 0 radical (unpaired) electrons. The van der Waals surface area contributed by atoms with E-state index >= 15 is 0 Å². The number of hydrogen-bond acceptors (Lipinski definition) is 3. The van der Waals surface area contributed by atoms with Crippen LogP contribution in [0.15, 0.2) is 9.27 Å². The SMILES string of the molecule is CCN(CC)c1nc(C2CC2)c(Br)c(=O)[nH]1. The van der Waals surface area contributed by atoms with Crippen molar-refractivity contribution in [3.63, 3.8) is 0 Å². The van der Waals surface area contributed by atoms with Crippen LogP contribution in [0.3, 0.4) is 0 Å². The van der Waals surface area contributed by atoms with Gasteiger partial charge in [0.25, 0.3) is 5.56 Å². The first kappa shape index (κ1) is 11.6. The van der Waals surface area contributed by atoms with Crippen LogP contribution in [0.25, 0.3) is 0 Å². The maximum absolute atomic E-state index is 11.8. The summed E-state index contributed by atoms with van der Waals surface area (Å²) in [4.78, 5) is 21.2. The lowest BCUT2D eigenvalue weighted by molar-refractivity contribution is 0.799. The minimum Gasteiger partial charge on any atom is -0.343 e. The summed E-state index contributed by atoms with van der Waals surface area (Å²) in [5.41, 5.74) is 0.851. The van der Waals surface area contributed by atoms with E-state index < -0.39 is 0 Å². The minimum atomic E-state index is -0.0706. The minimum absolute atomic E-state index is 0.0706. The fraction of sp³-hybridized carbons (Fsp3) is 0.636. The van der Waals surface area contributed by atoms with Crippen LogP contribution < -0.4 is 10.5 Å². The van der Waals surface area contributed by atoms with E-state index in [1.54, 1.807) is 0 Å². The summed E-state index contributed by atoms with van der Waals surface area (Å²) in [6.07, 6.45) is 2.29. The first-order valence-electron chi connectivity index (χ1n) is 5.72. The van der Waals surface area contributed by atoms with Crippen LogP contribution in [0.4, 0.5) is 5.95 Å². The topological polar surface area (TPSA) is 49.0 Å². The highest BCUT2D eigenvalue weighted by Gasteiger charge is 2.29. The van der Waals surface area contributed by atoms with Gasteiger partial charge >= 0.3 is 0 Å². The number of aromatic amines is 1. The molecule has 0 atom stereocenters. The molecule has 0 bridgehead atoms. The molecule has 1 aromatic heterocycles. The molecule has 0 aromatic carbocycles. The molecule has 4 nitrogen and oxygen atoms in total. The molecular weight excluding hydrogens is 270 g/mol. The van der Waals surface area contributed by atoms with Crippen molar-refractivity contribution in [1.82, 2.24) is 9.97 Å². The van der Waals surface area contributed by atoms with Crippen molar-refractivity contribution in [1.29, 1.82) is 0 Å². The second-order valence-corrected chi connectivity index (χ2v) is 4.83. The molecule has 1 aliphatic carbocycles. The Bertz CT molecular complexity index is 435. The Morgan fingerprint density at radius 2 is 2.06 bits per heavy atom. The Hall–Kier alpha value is -0.840. The number of nitrogens with one attached hydrogen (secondary N) is 1. The van der Waals surface area contributed by atoms with E-state index in [2.05, 4.69) is 44.6 Å². The smallest absolute Gasteiger partial charge is 0.266 e. The van der Waals surface area contributed by atoms with Crippen molar-refractivity contribution in [3.05, 3.63) is 20.5 Å². The molecule has 2 rings (SSSR count). The Balaban J connectivity index is 2.43. The summed E-state index contributed by atoms with van der Waals surface area (Å²) in [6, 6.07) is 0. The predicted octanol–water partition coefficient (Wildman–Crippen LogP) is 2.26. The zero-order chi connectivity index (χ0) is 11.7. The van der Waals surface area contributed by atoms with Gasteiger partial charge in [-0.2, -0.15) is 0 Å². The Morgan fingerprint density at radius 3 is 2.56 bits per heavy atom. The van der Waals surface area contributed by atoms with E-state index in [4.69, 9.17) is 0 Å². The van der Waals surface area contributed by atoms with Crippen molar-refractivity contribution in [2.75, 3.05) is 18.0 Å². The molecule has 1 N–H and O–H groups in total. The predicted molar refractivity (Wildman–Crippen MR) is 68.1 cm³/mol. The van der Waals surface area contributed by atoms with Gasteiger partial charge in [-0.15, -0.1) is 0 Å². The fourth-order valence-corrected chi connectivity index (χ4v) is 2.28. The molecule has 0 aliphatic heterocycles. The van der Waals surface area contributed by atoms with Crippen LogP contribution in [0.1, 0.15) is 38.3 Å². The van der Waals surface area contributed by atoms with Crippen LogP contribution >= 0.6 is 15.9 Å². The van der Waals surface area contributed by atoms with Crippen LogP contribution in [-0.4, -0.2) is 23.1 Å². The first-order chi connectivity index (χ1) is 7.67. The second kappa shape index (κ2) is 4.57. The van der Waals surface area contributed by atoms with Crippen LogP contribution in [0.5, 0.6) is 0 Å². The zero-order valence-corrected chi connectivity index (χ0v) is 11.2. The van der Waals surface area contributed by atoms with Crippen molar-refractivity contribution in [2.45, 2.75) is 32.6 Å². The molecule has 88 valence electrons. The molecule has 0 spiro atoms. The number of nitrogens with zero attached hydrogens (tertiary/aromatic N) is 2. The zero-order valence-electron chi connectivity index (χ0n) is 9.59. The lowest BCUT2D eigenvalue weighted by Gasteiger charge is -2.19. The molecule has 1 heterocycles. The number of aromatic nitrogens is 2.